The summed E-state index contributed by atoms with van der Waals surface area (Å²) in [5, 5.41) is 5.18. The highest BCUT2D eigenvalue weighted by Gasteiger charge is 2.30. The summed E-state index contributed by atoms with van der Waals surface area (Å²) in [4.78, 5) is 37.2. The van der Waals surface area contributed by atoms with Gasteiger partial charge in [-0.3, -0.25) is 9.59 Å². The van der Waals surface area contributed by atoms with Gasteiger partial charge in [-0.05, 0) is 44.9 Å². The van der Waals surface area contributed by atoms with Gasteiger partial charge >= 0.3 is 6.09 Å². The van der Waals surface area contributed by atoms with Crippen molar-refractivity contribution in [2.24, 2.45) is 5.92 Å². The van der Waals surface area contributed by atoms with E-state index in [0.717, 1.165) is 0 Å². The first kappa shape index (κ1) is 21.1. The summed E-state index contributed by atoms with van der Waals surface area (Å²) < 4.78 is 33.2. The van der Waals surface area contributed by atoms with Crippen LogP contribution in [-0.2, 0) is 24.3 Å². The normalized spacial score (nSPS) is 20.3. The Morgan fingerprint density at radius 1 is 1.17 bits per heavy atom. The van der Waals surface area contributed by atoms with Gasteiger partial charge in [0.15, 0.2) is 0 Å². The van der Waals surface area contributed by atoms with Gasteiger partial charge < -0.3 is 20.3 Å². The summed E-state index contributed by atoms with van der Waals surface area (Å²) in [6, 6.07) is 3.82. The molecule has 158 valence electrons. The maximum Gasteiger partial charge on any atom is 0.409 e. The number of fused-ring (bicyclic) bond motifs is 1. The lowest BCUT2D eigenvalue weighted by Crippen LogP contribution is -2.46. The summed E-state index contributed by atoms with van der Waals surface area (Å²) >= 11 is 0. The van der Waals surface area contributed by atoms with Crippen LogP contribution in [-0.4, -0.2) is 57.0 Å². The summed E-state index contributed by atoms with van der Waals surface area (Å²) in [5.74, 6) is -1.84. The fourth-order valence-electron chi connectivity index (χ4n) is 3.19. The van der Waals surface area contributed by atoms with Crippen LogP contribution < -0.4 is 15.4 Å². The van der Waals surface area contributed by atoms with E-state index in [9.17, 15) is 22.8 Å². The second-order valence-electron chi connectivity index (χ2n) is 6.99. The third-order valence-corrected chi connectivity index (χ3v) is 6.46. The number of benzene rings is 1. The predicted molar refractivity (Wildman–Crippen MR) is 105 cm³/mol. The molecule has 29 heavy (non-hydrogen) atoms. The van der Waals surface area contributed by atoms with Gasteiger partial charge in [-0.2, -0.15) is 0 Å². The Morgan fingerprint density at radius 3 is 2.41 bits per heavy atom. The number of nitrogens with zero attached hydrogens (tertiary/aromatic N) is 1. The molecule has 2 aliphatic heterocycles. The second kappa shape index (κ2) is 8.37. The average molecular weight is 424 g/mol. The lowest BCUT2D eigenvalue weighted by molar-refractivity contribution is -0.128. The van der Waals surface area contributed by atoms with Crippen molar-refractivity contribution in [3.8, 4) is 0 Å². The molecule has 1 fully saturated rings. The molecule has 0 bridgehead atoms. The number of carbonyl (C=O) groups is 3. The van der Waals surface area contributed by atoms with E-state index in [4.69, 9.17) is 4.74 Å². The highest BCUT2D eigenvalue weighted by molar-refractivity contribution is 7.89. The maximum absolute atomic E-state index is 12.8. The molecule has 0 spiro atoms. The number of anilines is 2. The molecule has 1 atom stereocenters. The Morgan fingerprint density at radius 2 is 1.79 bits per heavy atom. The minimum Gasteiger partial charge on any atom is -0.450 e. The van der Waals surface area contributed by atoms with Gasteiger partial charge in [-0.15, -0.1) is 0 Å². The molecule has 0 saturated carbocycles. The molecule has 2 heterocycles. The average Bonchev–Trinajstić information content (AvgIpc) is 2.78. The van der Waals surface area contributed by atoms with E-state index < -0.39 is 33.8 Å². The molecule has 10 nitrogen and oxygen atoms in total. The molecule has 1 saturated heterocycles. The number of carbonyl (C=O) groups excluding carboxylic acids is 3. The Labute approximate surface area is 169 Å². The minimum atomic E-state index is -3.85. The highest BCUT2D eigenvalue weighted by atomic mass is 32.2. The fourth-order valence-corrected chi connectivity index (χ4v) is 4.52. The zero-order valence-corrected chi connectivity index (χ0v) is 17.0. The predicted octanol–water partition coefficient (Wildman–Crippen LogP) is 1.11. The molecule has 0 aliphatic carbocycles. The van der Waals surface area contributed by atoms with Gasteiger partial charge in [0, 0.05) is 19.1 Å². The standard InChI is InChI=1S/C18H24N4O6S/c1-3-28-18(25)22-8-6-12(7-9-22)21-29(26,27)13-4-5-14-15(10-13)20-17(24)11(2)16(23)19-14/h4-5,10-12,21H,3,6-9H2,1-2H3,(H,19,23)(H,20,24). The fraction of sp³-hybridized carbons (Fsp3) is 0.500. The van der Waals surface area contributed by atoms with Crippen LogP contribution in [0.2, 0.25) is 0 Å². The van der Waals surface area contributed by atoms with Crippen LogP contribution in [0.3, 0.4) is 0 Å². The summed E-state index contributed by atoms with van der Waals surface area (Å²) in [6.07, 6.45) is 0.534. The monoisotopic (exact) mass is 424 g/mol. The summed E-state index contributed by atoms with van der Waals surface area (Å²) in [7, 11) is -3.85. The Balaban J connectivity index is 1.70. The van der Waals surface area contributed by atoms with Gasteiger partial charge in [0.25, 0.3) is 0 Å². The van der Waals surface area contributed by atoms with E-state index in [0.29, 0.717) is 38.2 Å². The number of nitrogens with one attached hydrogen (secondary N) is 3. The quantitative estimate of drug-likeness (QED) is 0.620. The molecule has 3 amide bonds. The van der Waals surface area contributed by atoms with E-state index >= 15 is 0 Å². The maximum atomic E-state index is 12.8. The van der Waals surface area contributed by atoms with Crippen LogP contribution in [0.4, 0.5) is 16.2 Å². The molecule has 1 aromatic rings. The van der Waals surface area contributed by atoms with Gasteiger partial charge in [0.2, 0.25) is 21.8 Å². The van der Waals surface area contributed by atoms with Crippen molar-refractivity contribution in [3.63, 3.8) is 0 Å². The smallest absolute Gasteiger partial charge is 0.409 e. The van der Waals surface area contributed by atoms with Gasteiger partial charge in [-0.25, -0.2) is 17.9 Å². The topological polar surface area (TPSA) is 134 Å². The molecule has 0 radical (unpaired) electrons. The van der Waals surface area contributed by atoms with Crippen molar-refractivity contribution < 1.29 is 27.5 Å². The number of hydrogen-bond acceptors (Lipinski definition) is 6. The number of hydrogen-bond donors (Lipinski definition) is 3. The van der Waals surface area contributed by atoms with Crippen molar-refractivity contribution in [3.05, 3.63) is 18.2 Å². The number of amides is 3. The van der Waals surface area contributed by atoms with E-state index in [1.165, 1.54) is 25.1 Å². The van der Waals surface area contributed by atoms with Crippen LogP contribution >= 0.6 is 0 Å². The van der Waals surface area contributed by atoms with Crippen LogP contribution in [0.5, 0.6) is 0 Å². The Bertz CT molecular complexity index is 924. The first-order valence-corrected chi connectivity index (χ1v) is 10.9. The van der Waals surface area contributed by atoms with E-state index in [2.05, 4.69) is 15.4 Å². The third kappa shape index (κ3) is 4.67. The van der Waals surface area contributed by atoms with Crippen LogP contribution in [0.1, 0.15) is 26.7 Å². The van der Waals surface area contributed by atoms with Gasteiger partial charge in [0.1, 0.15) is 5.92 Å². The number of ether oxygens (including phenoxy) is 1. The molecule has 1 aromatic carbocycles. The second-order valence-corrected chi connectivity index (χ2v) is 8.70. The van der Waals surface area contributed by atoms with Crippen LogP contribution in [0, 0.1) is 5.92 Å². The van der Waals surface area contributed by atoms with Crippen LogP contribution in [0.15, 0.2) is 23.1 Å². The Hall–Kier alpha value is -2.66. The molecule has 0 aromatic heterocycles. The SMILES string of the molecule is CCOC(=O)N1CCC(NS(=O)(=O)c2ccc3c(c2)NC(=O)C(C)C(=O)N3)CC1. The van der Waals surface area contributed by atoms with Crippen molar-refractivity contribution in [2.75, 3.05) is 30.3 Å². The molecule has 11 heteroatoms. The first-order chi connectivity index (χ1) is 13.7. The number of rotatable bonds is 4. The Kier molecular flexibility index (Phi) is 6.08. The molecule has 3 N–H and O–H groups in total. The van der Waals surface area contributed by atoms with Gasteiger partial charge in [-0.1, -0.05) is 0 Å². The van der Waals surface area contributed by atoms with E-state index in [1.807, 2.05) is 0 Å². The largest absolute Gasteiger partial charge is 0.450 e. The van der Waals surface area contributed by atoms with Crippen molar-refractivity contribution >= 4 is 39.3 Å². The van der Waals surface area contributed by atoms with Crippen molar-refractivity contribution in [1.82, 2.24) is 9.62 Å². The molecule has 2 aliphatic rings. The van der Waals surface area contributed by atoms with E-state index in [1.54, 1.807) is 11.8 Å². The third-order valence-electron chi connectivity index (χ3n) is 4.95. The lowest BCUT2D eigenvalue weighted by atomic mass is 10.1. The zero-order valence-electron chi connectivity index (χ0n) is 16.2. The molecule has 3 rings (SSSR count). The molecular weight excluding hydrogens is 400 g/mol. The number of likely N-dealkylation sites (tertiary alicyclic amines) is 1. The highest BCUT2D eigenvalue weighted by Crippen LogP contribution is 2.29. The van der Waals surface area contributed by atoms with Crippen molar-refractivity contribution in [2.45, 2.75) is 37.6 Å². The first-order valence-electron chi connectivity index (χ1n) is 9.41. The van der Waals surface area contributed by atoms with Crippen molar-refractivity contribution in [1.29, 1.82) is 0 Å². The zero-order chi connectivity index (χ0) is 21.2. The minimum absolute atomic E-state index is 0.0202. The molecule has 1 unspecified atom stereocenters. The summed E-state index contributed by atoms with van der Waals surface area (Å²) in [5.41, 5.74) is 0.571. The van der Waals surface area contributed by atoms with Crippen LogP contribution in [0.25, 0.3) is 0 Å². The number of sulfonamides is 1. The summed E-state index contributed by atoms with van der Waals surface area (Å²) in [6.45, 7) is 4.29. The number of piperidine rings is 1. The van der Waals surface area contributed by atoms with E-state index in [-0.39, 0.29) is 16.6 Å². The van der Waals surface area contributed by atoms with Gasteiger partial charge in [0.05, 0.1) is 22.9 Å². The lowest BCUT2D eigenvalue weighted by Gasteiger charge is -2.31. The molecular formula is C18H24N4O6S.